The molecule has 0 saturated heterocycles. The molecule has 0 spiro atoms. The largest absolute Gasteiger partial charge is 0.371 e. The number of nitrogens with one attached hydrogen (secondary N) is 1. The van der Waals surface area contributed by atoms with Gasteiger partial charge in [0.05, 0.1) is 5.92 Å². The Labute approximate surface area is 115 Å². The maximum atomic E-state index is 5.50. The van der Waals surface area contributed by atoms with Crippen LogP contribution in [0.3, 0.4) is 0 Å². The second-order valence-electron chi connectivity index (χ2n) is 5.81. The van der Waals surface area contributed by atoms with Crippen molar-refractivity contribution in [3.05, 3.63) is 11.7 Å². The number of hydrogen-bond donors (Lipinski definition) is 1. The van der Waals surface area contributed by atoms with E-state index in [1.165, 1.54) is 25.7 Å². The maximum absolute atomic E-state index is 5.50. The van der Waals surface area contributed by atoms with Crippen molar-refractivity contribution in [2.24, 2.45) is 0 Å². The van der Waals surface area contributed by atoms with Crippen molar-refractivity contribution in [2.45, 2.75) is 63.5 Å². The van der Waals surface area contributed by atoms with Crippen LogP contribution < -0.4 is 5.32 Å². The molecule has 2 atom stereocenters. The summed E-state index contributed by atoms with van der Waals surface area (Å²) >= 11 is 0. The van der Waals surface area contributed by atoms with E-state index in [-0.39, 0.29) is 0 Å². The smallest absolute Gasteiger partial charge is 0.231 e. The minimum absolute atomic E-state index is 0.321. The molecule has 5 nitrogen and oxygen atoms in total. The zero-order valence-electron chi connectivity index (χ0n) is 12.4. The molecule has 108 valence electrons. The van der Waals surface area contributed by atoms with Gasteiger partial charge in [-0.25, -0.2) is 0 Å². The zero-order chi connectivity index (χ0) is 13.9. The molecule has 2 rings (SSSR count). The van der Waals surface area contributed by atoms with E-state index in [1.807, 2.05) is 20.9 Å². The summed E-state index contributed by atoms with van der Waals surface area (Å²) in [6, 6.07) is 0.432. The average Bonchev–Trinajstić information content (AvgIpc) is 2.78. The van der Waals surface area contributed by atoms with Crippen LogP contribution in [0.5, 0.6) is 0 Å². The van der Waals surface area contributed by atoms with E-state index in [1.54, 1.807) is 7.11 Å². The minimum Gasteiger partial charge on any atom is -0.371 e. The van der Waals surface area contributed by atoms with Crippen molar-refractivity contribution in [1.82, 2.24) is 15.5 Å². The van der Waals surface area contributed by atoms with Gasteiger partial charge in [-0.05, 0) is 33.7 Å². The predicted molar refractivity (Wildman–Crippen MR) is 73.0 cm³/mol. The first-order valence-corrected chi connectivity index (χ1v) is 7.15. The second kappa shape index (κ2) is 6.01. The van der Waals surface area contributed by atoms with Crippen molar-refractivity contribution in [3.8, 4) is 0 Å². The van der Waals surface area contributed by atoms with Gasteiger partial charge in [-0.3, -0.25) is 0 Å². The van der Waals surface area contributed by atoms with Crippen LogP contribution in [-0.4, -0.2) is 30.3 Å². The molecule has 1 aromatic heterocycles. The molecule has 2 unspecified atom stereocenters. The first-order chi connectivity index (χ1) is 9.08. The lowest BCUT2D eigenvalue weighted by atomic mass is 9.94. The number of ether oxygens (including phenoxy) is 1. The highest BCUT2D eigenvalue weighted by atomic mass is 16.5. The Balaban J connectivity index is 2.20. The van der Waals surface area contributed by atoms with Crippen LogP contribution in [0.25, 0.3) is 0 Å². The standard InChI is InChI=1S/C14H25N3O2/c1-14(2,18-4)13-16-12(19-17-13)10-8-6-5-7-9-11(10)15-3/h10-11,15H,5-9H2,1-4H3. The fraction of sp³-hybridized carbons (Fsp3) is 0.857. The first-order valence-electron chi connectivity index (χ1n) is 7.15. The van der Waals surface area contributed by atoms with Gasteiger partial charge >= 0.3 is 0 Å². The third kappa shape index (κ3) is 3.15. The summed E-state index contributed by atoms with van der Waals surface area (Å²) in [5.41, 5.74) is -0.498. The van der Waals surface area contributed by atoms with Gasteiger partial charge < -0.3 is 14.6 Å². The second-order valence-corrected chi connectivity index (χ2v) is 5.81. The van der Waals surface area contributed by atoms with E-state index in [0.29, 0.717) is 17.8 Å². The molecule has 1 saturated carbocycles. The molecule has 0 amide bonds. The Hall–Kier alpha value is -0.940. The van der Waals surface area contributed by atoms with Crippen molar-refractivity contribution in [2.75, 3.05) is 14.2 Å². The average molecular weight is 267 g/mol. The molecule has 5 heteroatoms. The van der Waals surface area contributed by atoms with Gasteiger partial charge in [0.15, 0.2) is 0 Å². The molecule has 0 aromatic carbocycles. The van der Waals surface area contributed by atoms with Crippen molar-refractivity contribution >= 4 is 0 Å². The Morgan fingerprint density at radius 3 is 2.68 bits per heavy atom. The Morgan fingerprint density at radius 1 is 1.26 bits per heavy atom. The van der Waals surface area contributed by atoms with Gasteiger partial charge in [-0.2, -0.15) is 4.98 Å². The fourth-order valence-corrected chi connectivity index (χ4v) is 2.67. The molecule has 0 radical (unpaired) electrons. The van der Waals surface area contributed by atoms with Crippen LogP contribution in [0.15, 0.2) is 4.52 Å². The Bertz CT molecular complexity index is 403. The third-order valence-electron chi connectivity index (χ3n) is 4.19. The number of nitrogens with zero attached hydrogens (tertiary/aromatic N) is 2. The van der Waals surface area contributed by atoms with Crippen LogP contribution in [0.1, 0.15) is 63.6 Å². The summed E-state index contributed by atoms with van der Waals surface area (Å²) in [7, 11) is 3.68. The van der Waals surface area contributed by atoms with Crippen LogP contribution >= 0.6 is 0 Å². The summed E-state index contributed by atoms with van der Waals surface area (Å²) in [6.45, 7) is 3.90. The first kappa shape index (κ1) is 14.5. The molecule has 1 N–H and O–H groups in total. The van der Waals surface area contributed by atoms with E-state index in [4.69, 9.17) is 9.26 Å². The lowest BCUT2D eigenvalue weighted by Crippen LogP contribution is -2.31. The highest BCUT2D eigenvalue weighted by Crippen LogP contribution is 2.32. The van der Waals surface area contributed by atoms with Crippen LogP contribution in [0.2, 0.25) is 0 Å². The van der Waals surface area contributed by atoms with Crippen molar-refractivity contribution < 1.29 is 9.26 Å². The summed E-state index contributed by atoms with van der Waals surface area (Å²) < 4.78 is 10.9. The Morgan fingerprint density at radius 2 is 2.00 bits per heavy atom. The van der Waals surface area contributed by atoms with Crippen LogP contribution in [0.4, 0.5) is 0 Å². The number of rotatable bonds is 4. The summed E-state index contributed by atoms with van der Waals surface area (Å²) in [6.07, 6.45) is 6.08. The zero-order valence-corrected chi connectivity index (χ0v) is 12.4. The molecule has 1 aromatic rings. The number of methoxy groups -OCH3 is 1. The van der Waals surface area contributed by atoms with Crippen LogP contribution in [-0.2, 0) is 10.3 Å². The molecule has 19 heavy (non-hydrogen) atoms. The van der Waals surface area contributed by atoms with Gasteiger partial charge in [0, 0.05) is 13.2 Å². The monoisotopic (exact) mass is 267 g/mol. The van der Waals surface area contributed by atoms with E-state index in [9.17, 15) is 0 Å². The van der Waals surface area contributed by atoms with Gasteiger partial charge in [-0.1, -0.05) is 24.4 Å². The van der Waals surface area contributed by atoms with Crippen LogP contribution in [0, 0.1) is 0 Å². The van der Waals surface area contributed by atoms with Gasteiger partial charge in [-0.15, -0.1) is 0 Å². The van der Waals surface area contributed by atoms with Gasteiger partial charge in [0.25, 0.3) is 0 Å². The fourth-order valence-electron chi connectivity index (χ4n) is 2.67. The molecule has 1 fully saturated rings. The SMILES string of the molecule is CNC1CCCCCC1c1nc(C(C)(C)OC)no1. The molecular weight excluding hydrogens is 242 g/mol. The summed E-state index contributed by atoms with van der Waals surface area (Å²) in [5.74, 6) is 1.70. The lowest BCUT2D eigenvalue weighted by molar-refractivity contribution is 0.00973. The Kier molecular flexibility index (Phi) is 4.58. The highest BCUT2D eigenvalue weighted by molar-refractivity contribution is 5.04. The maximum Gasteiger partial charge on any atom is 0.231 e. The quantitative estimate of drug-likeness (QED) is 0.850. The minimum atomic E-state index is -0.498. The third-order valence-corrected chi connectivity index (χ3v) is 4.19. The number of hydrogen-bond acceptors (Lipinski definition) is 5. The van der Waals surface area contributed by atoms with E-state index >= 15 is 0 Å². The highest BCUT2D eigenvalue weighted by Gasteiger charge is 2.32. The predicted octanol–water partition coefficient (Wildman–Crippen LogP) is 2.59. The van der Waals surface area contributed by atoms with Crippen molar-refractivity contribution in [1.29, 1.82) is 0 Å². The van der Waals surface area contributed by atoms with E-state index in [2.05, 4.69) is 15.5 Å². The van der Waals surface area contributed by atoms with Gasteiger partial charge in [0.1, 0.15) is 5.60 Å². The summed E-state index contributed by atoms with van der Waals surface area (Å²) in [4.78, 5) is 4.57. The number of likely N-dealkylation sites (N-methyl/N-ethyl adjacent to an activating group) is 1. The molecule has 1 heterocycles. The van der Waals surface area contributed by atoms with E-state index < -0.39 is 5.60 Å². The molecular formula is C14H25N3O2. The van der Waals surface area contributed by atoms with E-state index in [0.717, 1.165) is 12.3 Å². The normalized spacial score (nSPS) is 25.3. The van der Waals surface area contributed by atoms with Crippen molar-refractivity contribution in [3.63, 3.8) is 0 Å². The molecule has 0 aliphatic heterocycles. The summed E-state index contributed by atoms with van der Waals surface area (Å²) in [5, 5.41) is 7.49. The number of aromatic nitrogens is 2. The molecule has 1 aliphatic rings. The molecule has 0 bridgehead atoms. The van der Waals surface area contributed by atoms with Gasteiger partial charge in [0.2, 0.25) is 11.7 Å². The topological polar surface area (TPSA) is 60.2 Å². The lowest BCUT2D eigenvalue weighted by Gasteiger charge is -2.21. The molecule has 1 aliphatic carbocycles.